The molecule has 1 aliphatic carbocycles. The van der Waals surface area contributed by atoms with Gasteiger partial charge in [0.25, 0.3) is 0 Å². The lowest BCUT2D eigenvalue weighted by atomic mass is 9.76. The van der Waals surface area contributed by atoms with Gasteiger partial charge in [-0.2, -0.15) is 0 Å². The first kappa shape index (κ1) is 13.1. The van der Waals surface area contributed by atoms with Crippen LogP contribution in [0.1, 0.15) is 48.6 Å². The Morgan fingerprint density at radius 2 is 1.94 bits per heavy atom. The van der Waals surface area contributed by atoms with Crippen LogP contribution in [0.5, 0.6) is 0 Å². The second-order valence-corrected chi connectivity index (χ2v) is 6.38. The normalized spacial score (nSPS) is 21.7. The minimum Gasteiger partial charge on any atom is -0.386 e. The molecule has 1 atom stereocenters. The van der Waals surface area contributed by atoms with Crippen molar-refractivity contribution in [3.05, 3.63) is 21.9 Å². The van der Waals surface area contributed by atoms with Gasteiger partial charge in [0.1, 0.15) is 6.10 Å². The number of likely N-dealkylation sites (N-methyl/N-ethyl adjacent to an activating group) is 1. The van der Waals surface area contributed by atoms with E-state index in [4.69, 9.17) is 0 Å². The Labute approximate surface area is 108 Å². The van der Waals surface area contributed by atoms with Gasteiger partial charge in [-0.3, -0.25) is 0 Å². The van der Waals surface area contributed by atoms with Crippen LogP contribution in [0.25, 0.3) is 0 Å². The Bertz CT molecular complexity index is 366. The molecule has 0 aliphatic heterocycles. The van der Waals surface area contributed by atoms with E-state index in [9.17, 15) is 5.11 Å². The molecule has 1 saturated carbocycles. The number of aliphatic hydroxyl groups excluding tert-OH is 1. The van der Waals surface area contributed by atoms with Crippen LogP contribution in [0, 0.1) is 6.92 Å². The molecule has 3 heteroatoms. The zero-order valence-corrected chi connectivity index (χ0v) is 11.9. The van der Waals surface area contributed by atoms with Crippen molar-refractivity contribution >= 4 is 11.3 Å². The van der Waals surface area contributed by atoms with Gasteiger partial charge in [-0.1, -0.05) is 19.3 Å². The largest absolute Gasteiger partial charge is 0.386 e. The first-order valence-corrected chi connectivity index (χ1v) is 7.35. The van der Waals surface area contributed by atoms with Crippen molar-refractivity contribution < 1.29 is 5.11 Å². The molecule has 0 amide bonds. The minimum absolute atomic E-state index is 0.0478. The van der Waals surface area contributed by atoms with Crippen molar-refractivity contribution in [1.82, 2.24) is 4.90 Å². The van der Waals surface area contributed by atoms with E-state index in [0.717, 1.165) is 17.7 Å². The van der Waals surface area contributed by atoms with E-state index < -0.39 is 0 Å². The van der Waals surface area contributed by atoms with Gasteiger partial charge in [0.05, 0.1) is 5.54 Å². The molecule has 1 unspecified atom stereocenters. The molecule has 1 aliphatic rings. The topological polar surface area (TPSA) is 23.5 Å². The fourth-order valence-electron chi connectivity index (χ4n) is 3.04. The third-order valence-electron chi connectivity index (χ3n) is 4.27. The fraction of sp³-hybridized carbons (Fsp3) is 0.714. The summed E-state index contributed by atoms with van der Waals surface area (Å²) in [5.41, 5.74) is 1.18. The summed E-state index contributed by atoms with van der Waals surface area (Å²) in [5, 5.41) is 12.9. The van der Waals surface area contributed by atoms with E-state index in [1.165, 1.54) is 24.8 Å². The highest BCUT2D eigenvalue weighted by Gasteiger charge is 2.42. The molecule has 17 heavy (non-hydrogen) atoms. The van der Waals surface area contributed by atoms with Gasteiger partial charge in [-0.25, -0.2) is 0 Å². The summed E-state index contributed by atoms with van der Waals surface area (Å²) in [6.07, 6.45) is 5.67. The molecule has 1 aromatic rings. The third kappa shape index (κ3) is 2.28. The highest BCUT2D eigenvalue weighted by Crippen LogP contribution is 2.43. The summed E-state index contributed by atoms with van der Waals surface area (Å²) < 4.78 is 0. The van der Waals surface area contributed by atoms with Crippen molar-refractivity contribution in [3.8, 4) is 0 Å². The molecule has 2 nitrogen and oxygen atoms in total. The molecule has 0 bridgehead atoms. The van der Waals surface area contributed by atoms with Crippen LogP contribution in [-0.4, -0.2) is 29.6 Å². The van der Waals surface area contributed by atoms with Gasteiger partial charge < -0.3 is 10.0 Å². The Hall–Kier alpha value is -0.380. The highest BCUT2D eigenvalue weighted by molar-refractivity contribution is 7.10. The van der Waals surface area contributed by atoms with Crippen molar-refractivity contribution in [2.45, 2.75) is 50.7 Å². The molecule has 2 rings (SSSR count). The lowest BCUT2D eigenvalue weighted by Crippen LogP contribution is -2.50. The predicted octanol–water partition coefficient (Wildman–Crippen LogP) is 3.35. The van der Waals surface area contributed by atoms with Gasteiger partial charge in [-0.05, 0) is 50.9 Å². The summed E-state index contributed by atoms with van der Waals surface area (Å²) in [5.74, 6) is 0. The molecular weight excluding hydrogens is 230 g/mol. The Morgan fingerprint density at radius 3 is 2.41 bits per heavy atom. The Balaban J connectivity index is 2.30. The standard InChI is InChI=1S/C14H23NOS/c1-11-7-10-17-12(11)13(16)14(15(2)3)8-5-4-6-9-14/h7,10,13,16H,4-6,8-9H2,1-3H3. The van der Waals surface area contributed by atoms with Crippen molar-refractivity contribution in [2.75, 3.05) is 14.1 Å². The zero-order chi connectivity index (χ0) is 12.5. The lowest BCUT2D eigenvalue weighted by molar-refractivity contribution is -0.0319. The number of aliphatic hydroxyl groups is 1. The maximum atomic E-state index is 10.8. The minimum atomic E-state index is -0.335. The summed E-state index contributed by atoms with van der Waals surface area (Å²) in [7, 11) is 4.22. The van der Waals surface area contributed by atoms with E-state index in [2.05, 4.69) is 37.4 Å². The van der Waals surface area contributed by atoms with Gasteiger partial charge in [0.15, 0.2) is 0 Å². The van der Waals surface area contributed by atoms with Crippen molar-refractivity contribution in [1.29, 1.82) is 0 Å². The van der Waals surface area contributed by atoms with Crippen LogP contribution in [-0.2, 0) is 0 Å². The molecule has 1 N–H and O–H groups in total. The summed E-state index contributed by atoms with van der Waals surface area (Å²) >= 11 is 1.69. The molecule has 0 radical (unpaired) electrons. The van der Waals surface area contributed by atoms with Gasteiger partial charge in [0, 0.05) is 4.88 Å². The Morgan fingerprint density at radius 1 is 1.29 bits per heavy atom. The van der Waals surface area contributed by atoms with Crippen LogP contribution in [0.4, 0.5) is 0 Å². The molecule has 1 heterocycles. The molecule has 1 fully saturated rings. The maximum Gasteiger partial charge on any atom is 0.107 e. The van der Waals surface area contributed by atoms with Gasteiger partial charge in [-0.15, -0.1) is 11.3 Å². The first-order valence-electron chi connectivity index (χ1n) is 6.47. The monoisotopic (exact) mass is 253 g/mol. The van der Waals surface area contributed by atoms with Crippen LogP contribution in [0.2, 0.25) is 0 Å². The van der Waals surface area contributed by atoms with E-state index in [0.29, 0.717) is 0 Å². The number of hydrogen-bond acceptors (Lipinski definition) is 3. The predicted molar refractivity (Wildman–Crippen MR) is 73.5 cm³/mol. The Kier molecular flexibility index (Phi) is 3.91. The summed E-state index contributed by atoms with van der Waals surface area (Å²) in [6, 6.07) is 2.11. The van der Waals surface area contributed by atoms with Gasteiger partial charge in [0.2, 0.25) is 0 Å². The van der Waals surface area contributed by atoms with Gasteiger partial charge >= 0.3 is 0 Å². The number of thiophene rings is 1. The molecular formula is C14H23NOS. The number of rotatable bonds is 3. The summed E-state index contributed by atoms with van der Waals surface area (Å²) in [6.45, 7) is 2.10. The molecule has 96 valence electrons. The zero-order valence-electron chi connectivity index (χ0n) is 11.1. The number of nitrogens with zero attached hydrogens (tertiary/aromatic N) is 1. The second-order valence-electron chi connectivity index (χ2n) is 5.43. The fourth-order valence-corrected chi connectivity index (χ4v) is 4.06. The maximum absolute atomic E-state index is 10.8. The quantitative estimate of drug-likeness (QED) is 0.893. The average molecular weight is 253 g/mol. The highest BCUT2D eigenvalue weighted by atomic mass is 32.1. The SMILES string of the molecule is Cc1ccsc1C(O)C1(N(C)C)CCCCC1. The van der Waals surface area contributed by atoms with Crippen molar-refractivity contribution in [2.24, 2.45) is 0 Å². The van der Waals surface area contributed by atoms with Crippen LogP contribution >= 0.6 is 11.3 Å². The molecule has 1 aromatic heterocycles. The first-order chi connectivity index (χ1) is 8.08. The van der Waals surface area contributed by atoms with E-state index in [1.54, 1.807) is 11.3 Å². The van der Waals surface area contributed by atoms with E-state index in [1.807, 2.05) is 0 Å². The van der Waals surface area contributed by atoms with Crippen LogP contribution < -0.4 is 0 Å². The molecule has 0 saturated heterocycles. The molecule has 0 aromatic carbocycles. The summed E-state index contributed by atoms with van der Waals surface area (Å²) in [4.78, 5) is 3.40. The number of aryl methyl sites for hydroxylation is 1. The van der Waals surface area contributed by atoms with Crippen molar-refractivity contribution in [3.63, 3.8) is 0 Å². The third-order valence-corrected chi connectivity index (χ3v) is 5.34. The van der Waals surface area contributed by atoms with Crippen LogP contribution in [0.15, 0.2) is 11.4 Å². The van der Waals surface area contributed by atoms with E-state index >= 15 is 0 Å². The molecule has 0 spiro atoms. The smallest absolute Gasteiger partial charge is 0.107 e. The van der Waals surface area contributed by atoms with Crippen LogP contribution in [0.3, 0.4) is 0 Å². The lowest BCUT2D eigenvalue weighted by Gasteiger charge is -2.46. The second kappa shape index (κ2) is 5.09. The average Bonchev–Trinajstić information content (AvgIpc) is 2.75. The number of hydrogen-bond donors (Lipinski definition) is 1. The van der Waals surface area contributed by atoms with E-state index in [-0.39, 0.29) is 11.6 Å².